The van der Waals surface area contributed by atoms with Crippen molar-refractivity contribution in [2.75, 3.05) is 33.2 Å². The van der Waals surface area contributed by atoms with Crippen LogP contribution in [0.4, 0.5) is 5.69 Å². The number of aromatic nitrogens is 1. The number of nitrogens with one attached hydrogen (secondary N) is 2. The molecule has 0 amide bonds. The molecule has 1 saturated heterocycles. The number of amidine groups is 1. The Morgan fingerprint density at radius 2 is 2.19 bits per heavy atom. The van der Waals surface area contributed by atoms with Gasteiger partial charge in [-0.25, -0.2) is 15.4 Å². The summed E-state index contributed by atoms with van der Waals surface area (Å²) in [4.78, 5) is 11.9. The van der Waals surface area contributed by atoms with E-state index in [4.69, 9.17) is 4.99 Å². The predicted octanol–water partition coefficient (Wildman–Crippen LogP) is 2.97. The summed E-state index contributed by atoms with van der Waals surface area (Å²) in [5, 5.41) is 5.45. The highest BCUT2D eigenvalue weighted by atomic mass is 15.5. The molecule has 1 aliphatic heterocycles. The van der Waals surface area contributed by atoms with E-state index < -0.39 is 0 Å². The number of aliphatic imine (C=N–C) groups is 1. The number of hydrogen-bond donors (Lipinski definition) is 2. The lowest BCUT2D eigenvalue weighted by Crippen LogP contribution is -2.41. The maximum atomic E-state index is 4.79. The quantitative estimate of drug-likeness (QED) is 0.377. The highest BCUT2D eigenvalue weighted by Crippen LogP contribution is 2.25. The van der Waals surface area contributed by atoms with Gasteiger partial charge in [-0.3, -0.25) is 9.88 Å². The summed E-state index contributed by atoms with van der Waals surface area (Å²) in [6, 6.07) is 2.57. The van der Waals surface area contributed by atoms with Crippen LogP contribution in [0.3, 0.4) is 0 Å². The highest BCUT2D eigenvalue weighted by Gasteiger charge is 2.26. The molecule has 2 heterocycles. The number of pyridine rings is 1. The molecule has 0 radical (unpaired) electrons. The largest absolute Gasteiger partial charge is 0.376 e. The Kier molecular flexibility index (Phi) is 8.64. The summed E-state index contributed by atoms with van der Waals surface area (Å²) >= 11 is 0. The molecule has 0 spiro atoms. The Bertz CT molecular complexity index is 650. The molecule has 0 saturated carbocycles. The van der Waals surface area contributed by atoms with Crippen molar-refractivity contribution in [2.24, 2.45) is 4.99 Å². The molecule has 6 heteroatoms. The van der Waals surface area contributed by atoms with Gasteiger partial charge in [-0.15, -0.1) is 6.58 Å². The second kappa shape index (κ2) is 11.0. The summed E-state index contributed by atoms with van der Waals surface area (Å²) in [5.41, 5.74) is 6.33. The first kappa shape index (κ1) is 21.3. The number of likely N-dealkylation sites (N-methyl/N-ethyl adjacent to an activating group) is 1. The van der Waals surface area contributed by atoms with Gasteiger partial charge in [0.2, 0.25) is 0 Å². The molecule has 1 unspecified atom stereocenters. The van der Waals surface area contributed by atoms with E-state index in [0.717, 1.165) is 49.0 Å². The Hall–Kier alpha value is -2.02. The Morgan fingerprint density at radius 3 is 2.81 bits per heavy atom. The van der Waals surface area contributed by atoms with Crippen LogP contribution in [-0.4, -0.2) is 60.0 Å². The lowest BCUT2D eigenvalue weighted by molar-refractivity contribution is 0.180. The number of nitrogens with zero attached hydrogens (tertiary/aromatic N) is 4. The Labute approximate surface area is 164 Å². The molecule has 27 heavy (non-hydrogen) atoms. The summed E-state index contributed by atoms with van der Waals surface area (Å²) in [5.74, 6) is 0.866. The molecule has 0 bridgehead atoms. The minimum absolute atomic E-state index is 0.626. The summed E-state index contributed by atoms with van der Waals surface area (Å²) < 4.78 is 0. The van der Waals surface area contributed by atoms with Crippen molar-refractivity contribution in [1.29, 1.82) is 0 Å². The minimum Gasteiger partial charge on any atom is -0.376 e. The van der Waals surface area contributed by atoms with E-state index in [-0.39, 0.29) is 0 Å². The molecule has 148 valence electrons. The summed E-state index contributed by atoms with van der Waals surface area (Å²) in [6.45, 7) is 17.1. The van der Waals surface area contributed by atoms with Crippen molar-refractivity contribution in [1.82, 2.24) is 25.6 Å². The molecule has 0 aliphatic carbocycles. The second-order valence-electron chi connectivity index (χ2n) is 6.65. The Balaban J connectivity index is 2.10. The van der Waals surface area contributed by atoms with Crippen molar-refractivity contribution in [3.63, 3.8) is 0 Å². The first-order valence-electron chi connectivity index (χ1n) is 9.85. The van der Waals surface area contributed by atoms with Gasteiger partial charge in [0, 0.05) is 44.4 Å². The van der Waals surface area contributed by atoms with E-state index in [1.165, 1.54) is 6.42 Å². The molecule has 1 aliphatic rings. The molecule has 2 rings (SSSR count). The van der Waals surface area contributed by atoms with Crippen LogP contribution in [0.15, 0.2) is 36.5 Å². The van der Waals surface area contributed by atoms with Gasteiger partial charge in [0.25, 0.3) is 0 Å². The molecule has 1 fully saturated rings. The van der Waals surface area contributed by atoms with Gasteiger partial charge in [-0.1, -0.05) is 32.6 Å². The topological polar surface area (TPSA) is 55.8 Å². The number of rotatable bonds is 10. The fraction of sp³-hybridized carbons (Fsp3) is 0.524. The van der Waals surface area contributed by atoms with E-state index in [2.05, 4.69) is 52.6 Å². The zero-order valence-corrected chi connectivity index (χ0v) is 17.0. The Morgan fingerprint density at radius 1 is 1.41 bits per heavy atom. The predicted molar refractivity (Wildman–Crippen MR) is 115 cm³/mol. The van der Waals surface area contributed by atoms with Crippen LogP contribution in [0.1, 0.15) is 37.9 Å². The lowest BCUT2D eigenvalue weighted by Gasteiger charge is -2.26. The van der Waals surface area contributed by atoms with E-state index in [1.807, 2.05) is 31.5 Å². The molecular formula is C21H34N6. The second-order valence-corrected chi connectivity index (χ2v) is 6.65. The maximum Gasteiger partial charge on any atom is 0.106 e. The number of hydrogen-bond acceptors (Lipinski definition) is 5. The first-order valence-corrected chi connectivity index (χ1v) is 9.85. The molecule has 2 N–H and O–H groups in total. The van der Waals surface area contributed by atoms with Gasteiger partial charge in [0.15, 0.2) is 0 Å². The normalized spacial score (nSPS) is 18.1. The highest BCUT2D eigenvalue weighted by molar-refractivity contribution is 5.87. The zero-order chi connectivity index (χ0) is 19.6. The van der Waals surface area contributed by atoms with Gasteiger partial charge < -0.3 is 5.32 Å². The third-order valence-corrected chi connectivity index (χ3v) is 5.09. The molecule has 1 aromatic heterocycles. The van der Waals surface area contributed by atoms with Crippen LogP contribution in [0, 0.1) is 0 Å². The maximum absolute atomic E-state index is 4.79. The van der Waals surface area contributed by atoms with Crippen molar-refractivity contribution in [2.45, 2.75) is 39.3 Å². The third-order valence-electron chi connectivity index (χ3n) is 5.09. The molecule has 0 aromatic carbocycles. The van der Waals surface area contributed by atoms with Crippen LogP contribution in [0.5, 0.6) is 0 Å². The monoisotopic (exact) mass is 370 g/mol. The van der Waals surface area contributed by atoms with Gasteiger partial charge in [0.05, 0.1) is 17.9 Å². The molecule has 6 nitrogen and oxygen atoms in total. The van der Waals surface area contributed by atoms with Crippen LogP contribution >= 0.6 is 0 Å². The van der Waals surface area contributed by atoms with Gasteiger partial charge in [-0.2, -0.15) is 0 Å². The molecule has 1 atom stereocenters. The fourth-order valence-electron chi connectivity index (χ4n) is 3.52. The SMILES string of the molecule is C=CC/C(=N/c1c(C=C)ccnc1CNN1CCC(N(CC)CC)C1)NC. The van der Waals surface area contributed by atoms with E-state index in [9.17, 15) is 0 Å². The van der Waals surface area contributed by atoms with E-state index >= 15 is 0 Å². The van der Waals surface area contributed by atoms with Crippen LogP contribution < -0.4 is 10.7 Å². The van der Waals surface area contributed by atoms with Crippen LogP contribution in [0.25, 0.3) is 6.08 Å². The van der Waals surface area contributed by atoms with Crippen molar-refractivity contribution >= 4 is 17.6 Å². The molecular weight excluding hydrogens is 336 g/mol. The molecule has 1 aromatic rings. The van der Waals surface area contributed by atoms with Crippen molar-refractivity contribution in [3.8, 4) is 0 Å². The van der Waals surface area contributed by atoms with Gasteiger partial charge >= 0.3 is 0 Å². The standard InChI is InChI=1S/C21H34N6/c1-6-10-20(22-5)25-21-17(7-2)11-13-23-19(21)15-24-27-14-12-18(16-27)26(8-3)9-4/h6-7,11,13,18,24H,1-2,8-10,12,14-16H2,3-5H3,(H,22,25). The zero-order valence-electron chi connectivity index (χ0n) is 17.0. The van der Waals surface area contributed by atoms with Crippen molar-refractivity contribution < 1.29 is 0 Å². The van der Waals surface area contributed by atoms with E-state index in [0.29, 0.717) is 19.0 Å². The van der Waals surface area contributed by atoms with Gasteiger partial charge in [-0.05, 0) is 25.6 Å². The van der Waals surface area contributed by atoms with Crippen LogP contribution in [-0.2, 0) is 6.54 Å². The average molecular weight is 371 g/mol. The summed E-state index contributed by atoms with van der Waals surface area (Å²) in [6.07, 6.45) is 7.38. The third kappa shape index (κ3) is 5.73. The first-order chi connectivity index (χ1) is 13.2. The van der Waals surface area contributed by atoms with Crippen LogP contribution in [0.2, 0.25) is 0 Å². The lowest BCUT2D eigenvalue weighted by atomic mass is 10.1. The van der Waals surface area contributed by atoms with Gasteiger partial charge in [0.1, 0.15) is 5.84 Å². The average Bonchev–Trinajstić information content (AvgIpc) is 3.16. The van der Waals surface area contributed by atoms with Crippen molar-refractivity contribution in [3.05, 3.63) is 42.8 Å². The summed E-state index contributed by atoms with van der Waals surface area (Å²) in [7, 11) is 1.88. The van der Waals surface area contributed by atoms with E-state index in [1.54, 1.807) is 0 Å². The fourth-order valence-corrected chi connectivity index (χ4v) is 3.52. The smallest absolute Gasteiger partial charge is 0.106 e. The number of hydrazine groups is 1. The minimum atomic E-state index is 0.626.